The predicted octanol–water partition coefficient (Wildman–Crippen LogP) is 2.35. The molecule has 19 heavy (non-hydrogen) atoms. The zero-order chi connectivity index (χ0) is 14.3. The van der Waals surface area contributed by atoms with Gasteiger partial charge in [0.2, 0.25) is 0 Å². The maximum atomic E-state index is 11.7. The van der Waals surface area contributed by atoms with Crippen LogP contribution in [0.4, 0.5) is 0 Å². The topological polar surface area (TPSA) is 68.1 Å². The van der Waals surface area contributed by atoms with Crippen molar-refractivity contribution in [2.24, 2.45) is 5.16 Å². The summed E-state index contributed by atoms with van der Waals surface area (Å²) in [6.07, 6.45) is 8.40. The van der Waals surface area contributed by atoms with Gasteiger partial charge in [-0.3, -0.25) is 0 Å². The van der Waals surface area contributed by atoms with Crippen LogP contribution in [0.2, 0.25) is 0 Å². The third-order valence-corrected chi connectivity index (χ3v) is 2.40. The van der Waals surface area contributed by atoms with E-state index < -0.39 is 5.97 Å². The van der Waals surface area contributed by atoms with Crippen molar-refractivity contribution in [3.8, 4) is 0 Å². The summed E-state index contributed by atoms with van der Waals surface area (Å²) in [5.74, 6) is -0.135. The first kappa shape index (κ1) is 14.8. The normalized spacial score (nSPS) is 19.5. The highest BCUT2D eigenvalue weighted by Crippen LogP contribution is 2.21. The molecule has 0 saturated heterocycles. The van der Waals surface area contributed by atoms with E-state index in [1.165, 1.54) is 13.2 Å². The molecule has 0 aromatic heterocycles. The monoisotopic (exact) mass is 263 g/mol. The van der Waals surface area contributed by atoms with Gasteiger partial charge < -0.3 is 14.7 Å². The summed E-state index contributed by atoms with van der Waals surface area (Å²) in [6.45, 7) is 3.89. The van der Waals surface area contributed by atoms with Crippen molar-refractivity contribution in [2.45, 2.75) is 13.8 Å². The van der Waals surface area contributed by atoms with Crippen LogP contribution in [0.5, 0.6) is 0 Å². The lowest BCUT2D eigenvalue weighted by molar-refractivity contribution is -0.138. The van der Waals surface area contributed by atoms with E-state index in [-0.39, 0.29) is 5.71 Å². The highest BCUT2D eigenvalue weighted by Gasteiger charge is 2.22. The number of allylic oxidation sites excluding steroid dienone is 5. The van der Waals surface area contributed by atoms with Crippen molar-refractivity contribution in [2.75, 3.05) is 13.7 Å². The Morgan fingerprint density at radius 3 is 2.74 bits per heavy atom. The zero-order valence-corrected chi connectivity index (χ0v) is 11.2. The standard InChI is InChI=1S/C14H17NO4/c1-4-6-7-10-8-11(14(16)19-5-2)9-12(18-3)13(10)15-17/h4,6-9,17H,5H2,1-3H3/b6-4-,10-7-,15-13-. The molecule has 0 fully saturated rings. The first-order valence-electron chi connectivity index (χ1n) is 5.88. The number of methoxy groups -OCH3 is 1. The van der Waals surface area contributed by atoms with Crippen LogP contribution in [0.1, 0.15) is 13.8 Å². The molecule has 0 aromatic rings. The lowest BCUT2D eigenvalue weighted by Crippen LogP contribution is -2.16. The molecule has 5 nitrogen and oxygen atoms in total. The van der Waals surface area contributed by atoms with Gasteiger partial charge in [-0.2, -0.15) is 0 Å². The molecule has 0 aliphatic heterocycles. The molecule has 0 heterocycles. The fourth-order valence-corrected chi connectivity index (χ4v) is 1.55. The number of rotatable bonds is 4. The molecule has 0 saturated carbocycles. The Hall–Kier alpha value is -2.30. The Bertz CT molecular complexity index is 496. The molecule has 1 aliphatic rings. The first-order chi connectivity index (χ1) is 9.17. The van der Waals surface area contributed by atoms with E-state index in [4.69, 9.17) is 14.7 Å². The fourth-order valence-electron chi connectivity index (χ4n) is 1.55. The van der Waals surface area contributed by atoms with Crippen molar-refractivity contribution < 1.29 is 19.5 Å². The van der Waals surface area contributed by atoms with Crippen LogP contribution in [-0.4, -0.2) is 30.6 Å². The van der Waals surface area contributed by atoms with Gasteiger partial charge in [-0.05, 0) is 26.0 Å². The van der Waals surface area contributed by atoms with Gasteiger partial charge in [0.05, 0.1) is 19.3 Å². The molecule has 0 amide bonds. The minimum Gasteiger partial charge on any atom is -0.494 e. The van der Waals surface area contributed by atoms with Crippen LogP contribution in [0.25, 0.3) is 0 Å². The van der Waals surface area contributed by atoms with Gasteiger partial charge in [0.25, 0.3) is 0 Å². The molecular formula is C14H17NO4. The number of oxime groups is 1. The second-order valence-corrected chi connectivity index (χ2v) is 3.63. The molecule has 0 bridgehead atoms. The maximum absolute atomic E-state index is 11.7. The highest BCUT2D eigenvalue weighted by molar-refractivity contribution is 6.16. The van der Waals surface area contributed by atoms with Crippen LogP contribution in [0.3, 0.4) is 0 Å². The van der Waals surface area contributed by atoms with Crippen LogP contribution in [0, 0.1) is 0 Å². The van der Waals surface area contributed by atoms with Crippen molar-refractivity contribution in [1.82, 2.24) is 0 Å². The van der Waals surface area contributed by atoms with E-state index in [0.717, 1.165) is 0 Å². The fraction of sp³-hybridized carbons (Fsp3) is 0.286. The van der Waals surface area contributed by atoms with Gasteiger partial charge in [0, 0.05) is 5.57 Å². The molecule has 0 radical (unpaired) electrons. The molecule has 102 valence electrons. The third kappa shape index (κ3) is 3.58. The first-order valence-corrected chi connectivity index (χ1v) is 5.88. The number of carbonyl (C=O) groups excluding carboxylic acids is 1. The minimum atomic E-state index is -0.444. The zero-order valence-electron chi connectivity index (χ0n) is 11.2. The maximum Gasteiger partial charge on any atom is 0.338 e. The Morgan fingerprint density at radius 2 is 2.21 bits per heavy atom. The van der Waals surface area contributed by atoms with Gasteiger partial charge in [0.15, 0.2) is 5.71 Å². The number of hydrogen-bond donors (Lipinski definition) is 1. The Kier molecular flexibility index (Phi) is 5.60. The van der Waals surface area contributed by atoms with Gasteiger partial charge >= 0.3 is 5.97 Å². The summed E-state index contributed by atoms with van der Waals surface area (Å²) in [7, 11) is 1.44. The Morgan fingerprint density at radius 1 is 1.47 bits per heavy atom. The largest absolute Gasteiger partial charge is 0.494 e. The molecule has 0 atom stereocenters. The number of hydrogen-bond acceptors (Lipinski definition) is 5. The quantitative estimate of drug-likeness (QED) is 0.480. The summed E-state index contributed by atoms with van der Waals surface area (Å²) in [6, 6.07) is 0. The Labute approximate surface area is 112 Å². The SMILES string of the molecule is C\C=C/C=C1/C=C(C(=O)OCC)C=C(OC)/C1=N\O. The van der Waals surface area contributed by atoms with Crippen molar-refractivity contribution >= 4 is 11.7 Å². The van der Waals surface area contributed by atoms with Gasteiger partial charge in [-0.25, -0.2) is 4.79 Å². The number of carbonyl (C=O) groups is 1. The second-order valence-electron chi connectivity index (χ2n) is 3.63. The molecular weight excluding hydrogens is 246 g/mol. The summed E-state index contributed by atoms with van der Waals surface area (Å²) in [5, 5.41) is 12.2. The lowest BCUT2D eigenvalue weighted by atomic mass is 9.98. The second kappa shape index (κ2) is 7.20. The average Bonchev–Trinajstić information content (AvgIpc) is 2.43. The third-order valence-electron chi connectivity index (χ3n) is 2.40. The van der Waals surface area contributed by atoms with E-state index in [2.05, 4.69) is 5.16 Å². The van der Waals surface area contributed by atoms with Crippen LogP contribution < -0.4 is 0 Å². The molecule has 5 heteroatoms. The van der Waals surface area contributed by atoms with Gasteiger partial charge in [0.1, 0.15) is 5.76 Å². The van der Waals surface area contributed by atoms with Crippen molar-refractivity contribution in [3.63, 3.8) is 0 Å². The van der Waals surface area contributed by atoms with Crippen LogP contribution in [-0.2, 0) is 14.3 Å². The van der Waals surface area contributed by atoms with E-state index in [0.29, 0.717) is 23.5 Å². The molecule has 1 aliphatic carbocycles. The summed E-state index contributed by atoms with van der Waals surface area (Å²) in [4.78, 5) is 11.7. The minimum absolute atomic E-state index is 0.272. The lowest BCUT2D eigenvalue weighted by Gasteiger charge is -2.15. The van der Waals surface area contributed by atoms with Crippen molar-refractivity contribution in [3.05, 3.63) is 47.3 Å². The van der Waals surface area contributed by atoms with E-state index in [1.807, 2.05) is 13.0 Å². The molecule has 1 N–H and O–H groups in total. The summed E-state index contributed by atoms with van der Waals surface area (Å²) < 4.78 is 10.1. The summed E-state index contributed by atoms with van der Waals surface area (Å²) >= 11 is 0. The van der Waals surface area contributed by atoms with E-state index >= 15 is 0 Å². The highest BCUT2D eigenvalue weighted by atomic mass is 16.5. The predicted molar refractivity (Wildman–Crippen MR) is 71.9 cm³/mol. The molecule has 0 spiro atoms. The van der Waals surface area contributed by atoms with Gasteiger partial charge in [-0.1, -0.05) is 23.4 Å². The number of ether oxygens (including phenoxy) is 2. The van der Waals surface area contributed by atoms with E-state index in [9.17, 15) is 4.79 Å². The Balaban J connectivity index is 3.23. The smallest absolute Gasteiger partial charge is 0.338 e. The number of esters is 1. The summed E-state index contributed by atoms with van der Waals surface area (Å²) in [5.41, 5.74) is 1.19. The van der Waals surface area contributed by atoms with Crippen LogP contribution >= 0.6 is 0 Å². The molecule has 0 unspecified atom stereocenters. The molecule has 1 rings (SSSR count). The number of nitrogens with zero attached hydrogens (tertiary/aromatic N) is 1. The average molecular weight is 263 g/mol. The van der Waals surface area contributed by atoms with Crippen molar-refractivity contribution in [1.29, 1.82) is 0 Å². The van der Waals surface area contributed by atoms with Crippen LogP contribution in [0.15, 0.2) is 52.4 Å². The van der Waals surface area contributed by atoms with E-state index in [1.54, 1.807) is 25.2 Å². The van der Waals surface area contributed by atoms with Gasteiger partial charge in [-0.15, -0.1) is 0 Å². The molecule has 0 aromatic carbocycles.